The van der Waals surface area contributed by atoms with Crippen LogP contribution in [0.1, 0.15) is 62.9 Å². The Hall–Kier alpha value is -3.53. The average Bonchev–Trinajstić information content (AvgIpc) is 2.85. The van der Waals surface area contributed by atoms with Gasteiger partial charge in [0, 0.05) is 61.4 Å². The van der Waals surface area contributed by atoms with Crippen molar-refractivity contribution in [2.24, 2.45) is 5.10 Å². The van der Waals surface area contributed by atoms with Gasteiger partial charge < -0.3 is 4.90 Å². The van der Waals surface area contributed by atoms with E-state index in [9.17, 15) is 13.2 Å². The van der Waals surface area contributed by atoms with Gasteiger partial charge in [0.15, 0.2) is 0 Å². The number of hydrogen-bond donors (Lipinski definition) is 0. The van der Waals surface area contributed by atoms with Crippen LogP contribution in [-0.2, 0) is 12.3 Å². The van der Waals surface area contributed by atoms with E-state index < -0.39 is 17.3 Å². The number of halogens is 3. The maximum absolute atomic E-state index is 14.5. The van der Waals surface area contributed by atoms with Crippen molar-refractivity contribution in [3.63, 3.8) is 0 Å². The van der Waals surface area contributed by atoms with E-state index in [0.29, 0.717) is 19.4 Å². The van der Waals surface area contributed by atoms with Crippen LogP contribution in [0.3, 0.4) is 0 Å². The maximum Gasteiger partial charge on any atom is 0.272 e. The standard InChI is InChI=1S/C29H35F3N4/c1-8-12-28(24-18-22(10-3)14-16-27(24)35(7)34-17-9-2)36(11-4)21(5)13-15-26-25(30)19-23(20-33-26)29(6,31)32/h3,9,12,14,16-21H,2,8,11,13,15H2,1,4-7H3/b28-12+,34-17-. The van der Waals surface area contributed by atoms with Gasteiger partial charge in [0.25, 0.3) is 5.92 Å². The van der Waals surface area contributed by atoms with E-state index in [-0.39, 0.29) is 11.7 Å². The predicted molar refractivity (Wildman–Crippen MR) is 144 cm³/mol. The molecular weight excluding hydrogens is 461 g/mol. The van der Waals surface area contributed by atoms with Crippen LogP contribution in [-0.4, -0.2) is 35.7 Å². The van der Waals surface area contributed by atoms with Crippen LogP contribution in [0.4, 0.5) is 18.9 Å². The van der Waals surface area contributed by atoms with Crippen molar-refractivity contribution in [1.29, 1.82) is 0 Å². The first-order chi connectivity index (χ1) is 17.1. The van der Waals surface area contributed by atoms with Crippen molar-refractivity contribution >= 4 is 17.6 Å². The third-order valence-electron chi connectivity index (χ3n) is 5.94. The highest BCUT2D eigenvalue weighted by Crippen LogP contribution is 2.33. The van der Waals surface area contributed by atoms with Gasteiger partial charge in [0.2, 0.25) is 0 Å². The first-order valence-electron chi connectivity index (χ1n) is 12.1. The van der Waals surface area contributed by atoms with E-state index in [2.05, 4.69) is 54.3 Å². The Bertz CT molecular complexity index is 1140. The number of rotatable bonds is 12. The van der Waals surface area contributed by atoms with E-state index >= 15 is 0 Å². The van der Waals surface area contributed by atoms with Crippen molar-refractivity contribution in [3.8, 4) is 12.3 Å². The molecule has 0 aliphatic heterocycles. The molecule has 1 aromatic carbocycles. The molecule has 192 valence electrons. The fraction of sp³-hybridized carbons (Fsp3) is 0.379. The molecule has 2 rings (SSSR count). The normalized spacial score (nSPS) is 12.9. The quantitative estimate of drug-likeness (QED) is 0.180. The molecule has 36 heavy (non-hydrogen) atoms. The van der Waals surface area contributed by atoms with Gasteiger partial charge >= 0.3 is 0 Å². The summed E-state index contributed by atoms with van der Waals surface area (Å²) in [5.41, 5.74) is 3.31. The molecule has 2 aromatic rings. The molecule has 0 N–H and O–H groups in total. The topological polar surface area (TPSA) is 31.7 Å². The number of alkyl halides is 2. The molecule has 0 aliphatic carbocycles. The number of aromatic nitrogens is 1. The summed E-state index contributed by atoms with van der Waals surface area (Å²) in [6.07, 6.45) is 13.8. The van der Waals surface area contributed by atoms with Crippen LogP contribution in [0.15, 0.2) is 54.3 Å². The molecule has 1 aromatic heterocycles. The molecule has 0 saturated carbocycles. The minimum Gasteiger partial charge on any atom is -0.369 e. The number of pyridine rings is 1. The van der Waals surface area contributed by atoms with Gasteiger partial charge in [-0.05, 0) is 63.5 Å². The highest BCUT2D eigenvalue weighted by Gasteiger charge is 2.26. The lowest BCUT2D eigenvalue weighted by atomic mass is 10.0. The zero-order valence-corrected chi connectivity index (χ0v) is 21.7. The van der Waals surface area contributed by atoms with Crippen molar-refractivity contribution in [3.05, 3.63) is 77.4 Å². The largest absolute Gasteiger partial charge is 0.369 e. The summed E-state index contributed by atoms with van der Waals surface area (Å²) in [5, 5.41) is 6.17. The van der Waals surface area contributed by atoms with E-state index in [1.54, 1.807) is 17.3 Å². The molecule has 0 saturated heterocycles. The van der Waals surface area contributed by atoms with Gasteiger partial charge in [-0.3, -0.25) is 9.99 Å². The average molecular weight is 497 g/mol. The Kier molecular flexibility index (Phi) is 10.3. The lowest BCUT2D eigenvalue weighted by Gasteiger charge is -2.34. The SMILES string of the molecule is C#Cc1ccc(N(C)/N=C\C=C)c(/C(=C\CC)N(CC)C(C)CCc2ncc(C(C)(F)F)cc2F)c1. The van der Waals surface area contributed by atoms with Crippen LogP contribution in [0.25, 0.3) is 5.70 Å². The zero-order chi connectivity index (χ0) is 26.9. The summed E-state index contributed by atoms with van der Waals surface area (Å²) in [6, 6.07) is 6.67. The van der Waals surface area contributed by atoms with Crippen LogP contribution >= 0.6 is 0 Å². The van der Waals surface area contributed by atoms with Gasteiger partial charge in [-0.15, -0.1) is 6.42 Å². The molecule has 7 heteroatoms. The molecule has 4 nitrogen and oxygen atoms in total. The van der Waals surface area contributed by atoms with Crippen molar-refractivity contribution < 1.29 is 13.2 Å². The highest BCUT2D eigenvalue weighted by molar-refractivity contribution is 5.79. The second-order valence-corrected chi connectivity index (χ2v) is 8.61. The third-order valence-corrected chi connectivity index (χ3v) is 5.94. The molecule has 1 atom stereocenters. The summed E-state index contributed by atoms with van der Waals surface area (Å²) < 4.78 is 41.6. The van der Waals surface area contributed by atoms with Crippen LogP contribution < -0.4 is 5.01 Å². The van der Waals surface area contributed by atoms with Gasteiger partial charge in [-0.2, -0.15) is 5.10 Å². The van der Waals surface area contributed by atoms with Gasteiger partial charge in [0.05, 0.1) is 11.4 Å². The molecular formula is C29H35F3N4. The minimum atomic E-state index is -3.13. The smallest absolute Gasteiger partial charge is 0.272 e. The third kappa shape index (κ3) is 7.24. The molecule has 1 unspecified atom stereocenters. The molecule has 0 amide bonds. The van der Waals surface area contributed by atoms with Crippen molar-refractivity contribution in [1.82, 2.24) is 9.88 Å². The van der Waals surface area contributed by atoms with E-state index in [1.807, 2.05) is 25.2 Å². The summed E-state index contributed by atoms with van der Waals surface area (Å²) in [7, 11) is 1.86. The first kappa shape index (κ1) is 28.7. The Morgan fingerprint density at radius 1 is 1.31 bits per heavy atom. The summed E-state index contributed by atoms with van der Waals surface area (Å²) in [5.74, 6) is -1.14. The number of hydrazone groups is 1. The highest BCUT2D eigenvalue weighted by atomic mass is 19.3. The number of nitrogens with zero attached hydrogens (tertiary/aromatic N) is 4. The molecule has 0 bridgehead atoms. The lowest BCUT2D eigenvalue weighted by Crippen LogP contribution is -2.32. The van der Waals surface area contributed by atoms with E-state index in [0.717, 1.165) is 48.1 Å². The fourth-order valence-corrected chi connectivity index (χ4v) is 4.01. The second-order valence-electron chi connectivity index (χ2n) is 8.61. The summed E-state index contributed by atoms with van der Waals surface area (Å²) in [4.78, 5) is 6.23. The Balaban J connectivity index is 2.39. The van der Waals surface area contributed by atoms with Crippen LogP contribution in [0, 0.1) is 18.2 Å². The zero-order valence-electron chi connectivity index (χ0n) is 21.7. The fourth-order valence-electron chi connectivity index (χ4n) is 4.01. The molecule has 0 aliphatic rings. The first-order valence-corrected chi connectivity index (χ1v) is 12.1. The van der Waals surface area contributed by atoms with Crippen molar-refractivity contribution in [2.75, 3.05) is 18.6 Å². The lowest BCUT2D eigenvalue weighted by molar-refractivity contribution is 0.0167. The number of allylic oxidation sites excluding steroid dienone is 2. The van der Waals surface area contributed by atoms with Gasteiger partial charge in [-0.1, -0.05) is 25.5 Å². The monoisotopic (exact) mass is 496 g/mol. The molecule has 0 fully saturated rings. The maximum atomic E-state index is 14.5. The number of benzene rings is 1. The predicted octanol–water partition coefficient (Wildman–Crippen LogP) is 7.02. The van der Waals surface area contributed by atoms with Gasteiger partial charge in [-0.25, -0.2) is 13.2 Å². The Morgan fingerprint density at radius 3 is 2.58 bits per heavy atom. The number of terminal acetylenes is 1. The Morgan fingerprint density at radius 2 is 2.03 bits per heavy atom. The number of hydrogen-bond acceptors (Lipinski definition) is 4. The van der Waals surface area contributed by atoms with E-state index in [4.69, 9.17) is 6.42 Å². The molecule has 0 spiro atoms. The number of aryl methyl sites for hydroxylation is 1. The summed E-state index contributed by atoms with van der Waals surface area (Å²) >= 11 is 0. The second kappa shape index (κ2) is 13.0. The van der Waals surface area contributed by atoms with E-state index in [1.165, 1.54) is 0 Å². The molecule has 0 radical (unpaired) electrons. The number of anilines is 1. The Labute approximate surface area is 213 Å². The van der Waals surface area contributed by atoms with Crippen LogP contribution in [0.5, 0.6) is 0 Å². The van der Waals surface area contributed by atoms with Gasteiger partial charge in [0.1, 0.15) is 5.82 Å². The minimum absolute atomic E-state index is 0.00520. The van der Waals surface area contributed by atoms with Crippen molar-refractivity contribution in [2.45, 2.75) is 58.9 Å². The van der Waals surface area contributed by atoms with Crippen LogP contribution in [0.2, 0.25) is 0 Å². The molecule has 1 heterocycles. The summed E-state index contributed by atoms with van der Waals surface area (Å²) in [6.45, 7) is 11.3.